The van der Waals surface area contributed by atoms with Crippen molar-refractivity contribution in [1.29, 1.82) is 5.26 Å². The summed E-state index contributed by atoms with van der Waals surface area (Å²) in [5.41, 5.74) is 3.49. The number of likely N-dealkylation sites (tertiary alicyclic amines) is 1. The van der Waals surface area contributed by atoms with Crippen LogP contribution in [0.4, 0.5) is 15.9 Å². The molecule has 0 bridgehead atoms. The van der Waals surface area contributed by atoms with Crippen LogP contribution in [0, 0.1) is 30.0 Å². The number of aromatic nitrogens is 3. The number of fused-ring (bicyclic) bond motifs is 1. The predicted molar refractivity (Wildman–Crippen MR) is 173 cm³/mol. The predicted octanol–water partition coefficient (Wildman–Crippen LogP) is 4.10. The summed E-state index contributed by atoms with van der Waals surface area (Å²) in [6.45, 7) is 5.44. The highest BCUT2D eigenvalue weighted by molar-refractivity contribution is 6.33. The minimum absolute atomic E-state index is 0.0791. The quantitative estimate of drug-likeness (QED) is 0.224. The maximum atomic E-state index is 14.9. The topological polar surface area (TPSA) is 146 Å². The standard InChI is InChI=1S/C33H34ClFN8O4/c1-20-16-22(2-3-24(20)32(44)42-12-6-21(7-13-42)33(45)47-19-23-17-37-9-10-38-23)41-30-31-40-18-26(43(31)14-11-39-30)25-4-5-27(46-15-8-36)29(35)28(25)34/h2-5,11,14,16,18,21,23,37-38H,6-7,9-10,12-13,15,17,19H2,1H3,(H,39,41)/t23-/m0/s1. The first-order valence-electron chi connectivity index (χ1n) is 15.4. The van der Waals surface area contributed by atoms with Crippen molar-refractivity contribution in [2.45, 2.75) is 25.8 Å². The molecule has 2 aliphatic rings. The number of nitrogens with zero attached hydrogens (tertiary/aromatic N) is 5. The number of ether oxygens (including phenoxy) is 2. The molecule has 4 heterocycles. The molecule has 0 aliphatic carbocycles. The Hall–Kier alpha value is -4.77. The average Bonchev–Trinajstić information content (AvgIpc) is 3.53. The van der Waals surface area contributed by atoms with Gasteiger partial charge in [0.15, 0.2) is 29.6 Å². The van der Waals surface area contributed by atoms with Crippen molar-refractivity contribution in [3.63, 3.8) is 0 Å². The van der Waals surface area contributed by atoms with E-state index in [0.717, 1.165) is 25.2 Å². The number of rotatable bonds is 9. The smallest absolute Gasteiger partial charge is 0.309 e. The second kappa shape index (κ2) is 14.3. The molecule has 4 aromatic rings. The molecule has 1 atom stereocenters. The van der Waals surface area contributed by atoms with Crippen LogP contribution in [0.5, 0.6) is 5.75 Å². The number of imidazole rings is 1. The van der Waals surface area contributed by atoms with Crippen LogP contribution in [-0.4, -0.2) is 83.1 Å². The molecule has 0 saturated carbocycles. The molecule has 2 aliphatic heterocycles. The van der Waals surface area contributed by atoms with Crippen LogP contribution in [0.3, 0.4) is 0 Å². The molecule has 2 aromatic carbocycles. The van der Waals surface area contributed by atoms with E-state index in [-0.39, 0.29) is 41.2 Å². The summed E-state index contributed by atoms with van der Waals surface area (Å²) in [5, 5.41) is 18.5. The molecule has 47 heavy (non-hydrogen) atoms. The fourth-order valence-corrected chi connectivity index (χ4v) is 6.15. The molecule has 2 saturated heterocycles. The number of benzene rings is 2. The number of carbonyl (C=O) groups is 2. The van der Waals surface area contributed by atoms with Gasteiger partial charge in [0.05, 0.1) is 28.9 Å². The van der Waals surface area contributed by atoms with Gasteiger partial charge in [-0.05, 0) is 55.7 Å². The normalized spacial score (nSPS) is 16.9. The third kappa shape index (κ3) is 7.00. The third-order valence-corrected chi connectivity index (χ3v) is 8.80. The molecular formula is C33H34ClFN8O4. The Morgan fingerprint density at radius 2 is 2.02 bits per heavy atom. The number of hydrogen-bond donors (Lipinski definition) is 3. The summed E-state index contributed by atoms with van der Waals surface area (Å²) < 4.78 is 27.3. The van der Waals surface area contributed by atoms with Crippen molar-refractivity contribution in [2.75, 3.05) is 51.3 Å². The second-order valence-corrected chi connectivity index (χ2v) is 11.9. The molecule has 1 amide bonds. The molecule has 6 rings (SSSR count). The van der Waals surface area contributed by atoms with Gasteiger partial charge in [-0.1, -0.05) is 11.6 Å². The fraction of sp³-hybridized carbons (Fsp3) is 0.364. The average molecular weight is 661 g/mol. The van der Waals surface area contributed by atoms with E-state index in [4.69, 9.17) is 26.3 Å². The van der Waals surface area contributed by atoms with Crippen LogP contribution in [0.15, 0.2) is 48.9 Å². The van der Waals surface area contributed by atoms with E-state index in [1.165, 1.54) is 6.07 Å². The molecule has 3 N–H and O–H groups in total. The molecular weight excluding hydrogens is 627 g/mol. The van der Waals surface area contributed by atoms with E-state index in [2.05, 4.69) is 25.9 Å². The van der Waals surface area contributed by atoms with Gasteiger partial charge in [0.2, 0.25) is 0 Å². The number of piperidine rings is 1. The molecule has 0 unspecified atom stereocenters. The van der Waals surface area contributed by atoms with Gasteiger partial charge in [-0.3, -0.25) is 14.0 Å². The van der Waals surface area contributed by atoms with Crippen LogP contribution >= 0.6 is 11.6 Å². The van der Waals surface area contributed by atoms with Gasteiger partial charge in [-0.2, -0.15) is 5.26 Å². The summed E-state index contributed by atoms with van der Waals surface area (Å²) in [6.07, 6.45) is 5.99. The lowest BCUT2D eigenvalue weighted by molar-refractivity contribution is -0.150. The van der Waals surface area contributed by atoms with Crippen LogP contribution in [0.2, 0.25) is 5.02 Å². The molecule has 12 nitrogen and oxygen atoms in total. The van der Waals surface area contributed by atoms with Gasteiger partial charge in [0.1, 0.15) is 12.7 Å². The molecule has 2 fully saturated rings. The van der Waals surface area contributed by atoms with E-state index in [1.807, 2.05) is 13.0 Å². The fourth-order valence-electron chi connectivity index (χ4n) is 5.90. The lowest BCUT2D eigenvalue weighted by Gasteiger charge is -2.32. The number of amides is 1. The van der Waals surface area contributed by atoms with Crippen LogP contribution in [0.25, 0.3) is 16.9 Å². The van der Waals surface area contributed by atoms with Crippen molar-refractivity contribution >= 4 is 40.6 Å². The number of hydrogen-bond acceptors (Lipinski definition) is 10. The highest BCUT2D eigenvalue weighted by Crippen LogP contribution is 2.36. The van der Waals surface area contributed by atoms with Crippen molar-refractivity contribution in [1.82, 2.24) is 29.9 Å². The van der Waals surface area contributed by atoms with Crippen molar-refractivity contribution < 1.29 is 23.5 Å². The van der Waals surface area contributed by atoms with Gasteiger partial charge in [0.25, 0.3) is 5.91 Å². The van der Waals surface area contributed by atoms with Crippen molar-refractivity contribution in [2.24, 2.45) is 5.92 Å². The maximum Gasteiger partial charge on any atom is 0.309 e. The Kier molecular flexibility index (Phi) is 9.81. The summed E-state index contributed by atoms with van der Waals surface area (Å²) in [7, 11) is 0. The van der Waals surface area contributed by atoms with Crippen molar-refractivity contribution in [3.05, 3.63) is 70.9 Å². The zero-order valence-corrected chi connectivity index (χ0v) is 26.5. The van der Waals surface area contributed by atoms with Crippen LogP contribution < -0.4 is 20.7 Å². The Morgan fingerprint density at radius 3 is 2.77 bits per heavy atom. The number of carbonyl (C=O) groups excluding carboxylic acids is 2. The van der Waals surface area contributed by atoms with Gasteiger partial charge in [0, 0.05) is 61.9 Å². The van der Waals surface area contributed by atoms with Crippen LogP contribution in [-0.2, 0) is 9.53 Å². The van der Waals surface area contributed by atoms with Crippen molar-refractivity contribution in [3.8, 4) is 23.1 Å². The lowest BCUT2D eigenvalue weighted by atomic mass is 9.96. The van der Waals surface area contributed by atoms with Gasteiger partial charge >= 0.3 is 5.97 Å². The highest BCUT2D eigenvalue weighted by atomic mass is 35.5. The largest absolute Gasteiger partial charge is 0.476 e. The van der Waals surface area contributed by atoms with E-state index < -0.39 is 5.82 Å². The summed E-state index contributed by atoms with van der Waals surface area (Å²) in [4.78, 5) is 36.8. The Balaban J connectivity index is 1.10. The molecule has 2 aromatic heterocycles. The first-order chi connectivity index (χ1) is 22.8. The maximum absolute atomic E-state index is 14.9. The van der Waals surface area contributed by atoms with E-state index >= 15 is 0 Å². The first-order valence-corrected chi connectivity index (χ1v) is 15.8. The lowest BCUT2D eigenvalue weighted by Crippen LogP contribution is -2.51. The monoisotopic (exact) mass is 660 g/mol. The highest BCUT2D eigenvalue weighted by Gasteiger charge is 2.30. The number of nitriles is 1. The molecule has 14 heteroatoms. The molecule has 244 valence electrons. The van der Waals surface area contributed by atoms with Gasteiger partial charge in [-0.15, -0.1) is 0 Å². The SMILES string of the molecule is Cc1cc(Nc2nccn3c(-c4ccc(OCC#N)c(F)c4Cl)cnc23)ccc1C(=O)N1CCC(C(=O)OC[C@@H]2CNCCN2)CC1. The zero-order chi connectivity index (χ0) is 32.9. The first kappa shape index (κ1) is 32.2. The molecule has 0 radical (unpaired) electrons. The summed E-state index contributed by atoms with van der Waals surface area (Å²) in [5.74, 6) is -0.907. The zero-order valence-electron chi connectivity index (χ0n) is 25.8. The summed E-state index contributed by atoms with van der Waals surface area (Å²) in [6, 6.07) is 10.4. The number of esters is 1. The minimum Gasteiger partial charge on any atom is -0.476 e. The second-order valence-electron chi connectivity index (χ2n) is 11.5. The number of anilines is 2. The van der Waals surface area contributed by atoms with Gasteiger partial charge in [-0.25, -0.2) is 14.4 Å². The Bertz CT molecular complexity index is 1830. The summed E-state index contributed by atoms with van der Waals surface area (Å²) >= 11 is 6.35. The number of piperazine rings is 1. The number of nitrogens with one attached hydrogen (secondary N) is 3. The van der Waals surface area contributed by atoms with Crippen LogP contribution in [0.1, 0.15) is 28.8 Å². The minimum atomic E-state index is -0.764. The Labute approximate surface area is 275 Å². The number of halogens is 2. The van der Waals surface area contributed by atoms with E-state index in [0.29, 0.717) is 66.5 Å². The third-order valence-electron chi connectivity index (χ3n) is 8.43. The Morgan fingerprint density at radius 1 is 1.19 bits per heavy atom. The van der Waals surface area contributed by atoms with E-state index in [1.54, 1.807) is 52.2 Å². The molecule has 0 spiro atoms. The van der Waals surface area contributed by atoms with E-state index in [9.17, 15) is 14.0 Å². The van der Waals surface area contributed by atoms with Gasteiger partial charge < -0.3 is 30.3 Å². The number of aryl methyl sites for hydroxylation is 1.